The molecule has 2 heteroatoms. The fraction of sp³-hybridized carbons (Fsp3) is 0.333. The van der Waals surface area contributed by atoms with Gasteiger partial charge in [-0.1, -0.05) is 35.9 Å². The van der Waals surface area contributed by atoms with Crippen molar-refractivity contribution in [1.82, 2.24) is 4.90 Å². The summed E-state index contributed by atoms with van der Waals surface area (Å²) in [5.41, 5.74) is 4.04. The topological polar surface area (TPSA) is 12.5 Å². The number of ether oxygens (including phenoxy) is 1. The Kier molecular flexibility index (Phi) is 2.61. The quantitative estimate of drug-likeness (QED) is 0.716. The zero-order valence-corrected chi connectivity index (χ0v) is 12.0. The summed E-state index contributed by atoms with van der Waals surface area (Å²) >= 11 is 0. The third-order valence-electron chi connectivity index (χ3n) is 4.61. The van der Waals surface area contributed by atoms with E-state index in [1.54, 1.807) is 0 Å². The fourth-order valence-corrected chi connectivity index (χ4v) is 3.68. The molecule has 0 radical (unpaired) electrons. The first-order valence-corrected chi connectivity index (χ1v) is 7.28. The van der Waals surface area contributed by atoms with Crippen LogP contribution >= 0.6 is 0 Å². The Morgan fingerprint density at radius 2 is 1.65 bits per heavy atom. The van der Waals surface area contributed by atoms with Crippen molar-refractivity contribution in [3.05, 3.63) is 59.2 Å². The molecule has 0 aromatic heterocycles. The van der Waals surface area contributed by atoms with Crippen LogP contribution in [0.2, 0.25) is 0 Å². The van der Waals surface area contributed by atoms with Crippen molar-refractivity contribution in [2.75, 3.05) is 20.1 Å². The molecule has 1 fully saturated rings. The van der Waals surface area contributed by atoms with Crippen molar-refractivity contribution in [3.63, 3.8) is 0 Å². The average Bonchev–Trinajstić information content (AvgIpc) is 2.78. The molecule has 2 atom stereocenters. The fourth-order valence-electron chi connectivity index (χ4n) is 3.68. The van der Waals surface area contributed by atoms with E-state index in [1.807, 2.05) is 0 Å². The van der Waals surface area contributed by atoms with Crippen LogP contribution < -0.4 is 4.74 Å². The van der Waals surface area contributed by atoms with Gasteiger partial charge in [0.05, 0.1) is 0 Å². The van der Waals surface area contributed by atoms with E-state index in [0.29, 0.717) is 11.8 Å². The molecule has 102 valence electrons. The van der Waals surface area contributed by atoms with Gasteiger partial charge in [0.2, 0.25) is 0 Å². The summed E-state index contributed by atoms with van der Waals surface area (Å²) in [6.45, 7) is 4.38. The maximum atomic E-state index is 6.21. The number of rotatable bonds is 0. The number of hydrogen-bond donors (Lipinski definition) is 0. The minimum atomic E-state index is 0.540. The van der Waals surface area contributed by atoms with Crippen molar-refractivity contribution in [2.24, 2.45) is 0 Å². The molecule has 2 nitrogen and oxygen atoms in total. The molecule has 4 rings (SSSR count). The number of fused-ring (bicyclic) bond motifs is 5. The highest BCUT2D eigenvalue weighted by Gasteiger charge is 2.38. The maximum absolute atomic E-state index is 6.21. The van der Waals surface area contributed by atoms with Gasteiger partial charge in [-0.15, -0.1) is 0 Å². The summed E-state index contributed by atoms with van der Waals surface area (Å²) in [6.07, 6.45) is 0. The predicted octanol–water partition coefficient (Wildman–Crippen LogP) is 3.91. The summed E-state index contributed by atoms with van der Waals surface area (Å²) < 4.78 is 6.21. The zero-order valence-electron chi connectivity index (χ0n) is 12.0. The maximum Gasteiger partial charge on any atom is 0.131 e. The Bertz CT molecular complexity index is 664. The molecular weight excluding hydrogens is 246 g/mol. The largest absolute Gasteiger partial charge is 0.457 e. The van der Waals surface area contributed by atoms with Crippen molar-refractivity contribution in [2.45, 2.75) is 18.8 Å². The van der Waals surface area contributed by atoms with Crippen LogP contribution in [0.3, 0.4) is 0 Å². The summed E-state index contributed by atoms with van der Waals surface area (Å²) in [5, 5.41) is 0. The number of hydrogen-bond acceptors (Lipinski definition) is 2. The number of aryl methyl sites for hydroxylation is 1. The van der Waals surface area contributed by atoms with E-state index in [9.17, 15) is 0 Å². The zero-order chi connectivity index (χ0) is 13.7. The van der Waals surface area contributed by atoms with Crippen molar-refractivity contribution in [3.8, 4) is 11.5 Å². The normalized spacial score (nSPS) is 24.3. The summed E-state index contributed by atoms with van der Waals surface area (Å²) in [6, 6.07) is 15.1. The lowest BCUT2D eigenvalue weighted by molar-refractivity contribution is 0.401. The van der Waals surface area contributed by atoms with Gasteiger partial charge in [-0.3, -0.25) is 0 Å². The standard InChI is InChI=1S/C18H19NO/c1-12-7-8-18-14(9-12)16-11-19(2)10-15(16)13-5-3-4-6-17(13)20-18/h3-9,15-16H,10-11H2,1-2H3. The minimum Gasteiger partial charge on any atom is -0.457 e. The van der Waals surface area contributed by atoms with E-state index in [-0.39, 0.29) is 0 Å². The second kappa shape index (κ2) is 4.35. The molecule has 0 amide bonds. The highest BCUT2D eigenvalue weighted by Crippen LogP contribution is 2.49. The van der Waals surface area contributed by atoms with Gasteiger partial charge in [-0.05, 0) is 31.7 Å². The molecule has 2 unspecified atom stereocenters. The molecule has 1 saturated heterocycles. The van der Waals surface area contributed by atoms with E-state index in [4.69, 9.17) is 4.74 Å². The predicted molar refractivity (Wildman–Crippen MR) is 80.7 cm³/mol. The second-order valence-corrected chi connectivity index (χ2v) is 6.12. The number of para-hydroxylation sites is 1. The molecule has 0 saturated carbocycles. The van der Waals surface area contributed by atoms with Gasteiger partial charge in [-0.25, -0.2) is 0 Å². The average molecular weight is 265 g/mol. The molecule has 0 aliphatic carbocycles. The lowest BCUT2D eigenvalue weighted by Gasteiger charge is -2.17. The van der Waals surface area contributed by atoms with Crippen molar-refractivity contribution >= 4 is 0 Å². The van der Waals surface area contributed by atoms with E-state index in [1.165, 1.54) is 16.7 Å². The molecule has 2 aliphatic rings. The first-order valence-electron chi connectivity index (χ1n) is 7.28. The highest BCUT2D eigenvalue weighted by molar-refractivity contribution is 5.51. The van der Waals surface area contributed by atoms with Gasteiger partial charge >= 0.3 is 0 Å². The van der Waals surface area contributed by atoms with E-state index in [0.717, 1.165) is 24.6 Å². The Morgan fingerprint density at radius 1 is 0.950 bits per heavy atom. The number of nitrogens with zero attached hydrogens (tertiary/aromatic N) is 1. The molecule has 2 aromatic carbocycles. The lowest BCUT2D eigenvalue weighted by atomic mass is 9.84. The second-order valence-electron chi connectivity index (χ2n) is 6.12. The first-order chi connectivity index (χ1) is 9.72. The van der Waals surface area contributed by atoms with Gasteiger partial charge in [-0.2, -0.15) is 0 Å². The molecule has 2 aliphatic heterocycles. The molecule has 2 aromatic rings. The van der Waals surface area contributed by atoms with Crippen LogP contribution in [0.15, 0.2) is 42.5 Å². The third kappa shape index (κ3) is 1.75. The van der Waals surface area contributed by atoms with Crippen LogP contribution in [0.1, 0.15) is 28.5 Å². The molecular formula is C18H19NO. The van der Waals surface area contributed by atoms with Crippen LogP contribution in [0.25, 0.3) is 0 Å². The van der Waals surface area contributed by atoms with Crippen LogP contribution in [-0.4, -0.2) is 25.0 Å². The Morgan fingerprint density at radius 3 is 2.50 bits per heavy atom. The van der Waals surface area contributed by atoms with E-state index >= 15 is 0 Å². The Labute approximate surface area is 120 Å². The minimum absolute atomic E-state index is 0.540. The molecule has 0 spiro atoms. The van der Waals surface area contributed by atoms with E-state index in [2.05, 4.69) is 61.3 Å². The van der Waals surface area contributed by atoms with Gasteiger partial charge in [0.1, 0.15) is 11.5 Å². The van der Waals surface area contributed by atoms with E-state index < -0.39 is 0 Å². The van der Waals surface area contributed by atoms with Crippen LogP contribution in [0.4, 0.5) is 0 Å². The SMILES string of the molecule is Cc1ccc2c(c1)C1CN(C)CC1c1ccccc1O2. The first kappa shape index (κ1) is 12.0. The van der Waals surface area contributed by atoms with Crippen LogP contribution in [-0.2, 0) is 0 Å². The summed E-state index contributed by atoms with van der Waals surface area (Å²) in [7, 11) is 2.22. The van der Waals surface area contributed by atoms with Crippen molar-refractivity contribution in [1.29, 1.82) is 0 Å². The van der Waals surface area contributed by atoms with Crippen LogP contribution in [0, 0.1) is 6.92 Å². The monoisotopic (exact) mass is 265 g/mol. The third-order valence-corrected chi connectivity index (χ3v) is 4.61. The summed E-state index contributed by atoms with van der Waals surface area (Å²) in [4.78, 5) is 2.43. The van der Waals surface area contributed by atoms with Crippen LogP contribution in [0.5, 0.6) is 11.5 Å². The van der Waals surface area contributed by atoms with Gasteiger partial charge in [0.15, 0.2) is 0 Å². The number of likely N-dealkylation sites (N-methyl/N-ethyl adjacent to an activating group) is 1. The molecule has 2 heterocycles. The summed E-state index contributed by atoms with van der Waals surface area (Å²) in [5.74, 6) is 3.14. The Balaban J connectivity index is 1.93. The number of likely N-dealkylation sites (tertiary alicyclic amines) is 1. The van der Waals surface area contributed by atoms with Gasteiger partial charge in [0.25, 0.3) is 0 Å². The number of benzene rings is 2. The lowest BCUT2D eigenvalue weighted by Crippen LogP contribution is -2.14. The smallest absolute Gasteiger partial charge is 0.131 e. The highest BCUT2D eigenvalue weighted by atomic mass is 16.5. The molecule has 0 bridgehead atoms. The van der Waals surface area contributed by atoms with Crippen molar-refractivity contribution < 1.29 is 4.74 Å². The molecule has 20 heavy (non-hydrogen) atoms. The van der Waals surface area contributed by atoms with Gasteiger partial charge < -0.3 is 9.64 Å². The Hall–Kier alpha value is -1.80. The molecule has 0 N–H and O–H groups in total. The van der Waals surface area contributed by atoms with Gasteiger partial charge in [0, 0.05) is 30.5 Å².